The Balaban J connectivity index is 0.000000169. The largest absolute Gasteiger partial charge is 0.369 e. The quantitative estimate of drug-likeness (QED) is 0.287. The number of hydrogen-bond donors (Lipinski definition) is 0. The summed E-state index contributed by atoms with van der Waals surface area (Å²) in [7, 11) is 2.19. The fourth-order valence-electron chi connectivity index (χ4n) is 5.68. The Hall–Kier alpha value is -3.58. The molecule has 42 heavy (non-hydrogen) atoms. The smallest absolute Gasteiger partial charge is 0.0367 e. The fraction of sp³-hybridized carbons (Fsp3) is 0.389. The second-order valence-electron chi connectivity index (χ2n) is 11.7. The second-order valence-corrected chi connectivity index (χ2v) is 11.7. The van der Waals surface area contributed by atoms with E-state index in [2.05, 4.69) is 118 Å². The molecule has 2 aliphatic heterocycles. The number of pyridine rings is 2. The van der Waals surface area contributed by atoms with Crippen LogP contribution in [0.3, 0.4) is 0 Å². The van der Waals surface area contributed by atoms with Crippen molar-refractivity contribution in [1.29, 1.82) is 0 Å². The predicted molar refractivity (Wildman–Crippen MR) is 176 cm³/mol. The maximum Gasteiger partial charge on any atom is 0.0367 e. The third kappa shape index (κ3) is 8.25. The number of benzene rings is 2. The highest BCUT2D eigenvalue weighted by atomic mass is 15.3. The second kappa shape index (κ2) is 14.5. The third-order valence-electron chi connectivity index (χ3n) is 8.42. The zero-order valence-corrected chi connectivity index (χ0v) is 25.8. The standard InChI is InChI=1S/C19H25N3.C17H21N3/c1-3-21-8-10-22(11-9-21)15-17-4-6-18(7-5-17)19-12-16(2)13-20-14-19;1-14-11-16(13-18-12-14)15-3-5-17(6-4-15)20-9-7-19(2)8-10-20/h4-7,12-14H,3,8-11,15H2,1-2H3;3-6,11-13H,7-10H2,1-2H3. The molecule has 0 radical (unpaired) electrons. The highest BCUT2D eigenvalue weighted by Crippen LogP contribution is 2.24. The molecule has 4 heterocycles. The summed E-state index contributed by atoms with van der Waals surface area (Å²) in [6, 6.07) is 22.2. The molecule has 6 nitrogen and oxygen atoms in total. The van der Waals surface area contributed by atoms with E-state index in [0.717, 1.165) is 32.7 Å². The molecule has 2 aromatic heterocycles. The first-order chi connectivity index (χ1) is 20.5. The molecule has 4 aromatic rings. The fourth-order valence-corrected chi connectivity index (χ4v) is 5.68. The lowest BCUT2D eigenvalue weighted by molar-refractivity contribution is 0.132. The minimum Gasteiger partial charge on any atom is -0.369 e. The average molecular weight is 563 g/mol. The van der Waals surface area contributed by atoms with E-state index in [1.807, 2.05) is 24.8 Å². The van der Waals surface area contributed by atoms with E-state index in [4.69, 9.17) is 0 Å². The van der Waals surface area contributed by atoms with E-state index in [1.165, 1.54) is 77.4 Å². The van der Waals surface area contributed by atoms with E-state index < -0.39 is 0 Å². The lowest BCUT2D eigenvalue weighted by atomic mass is 10.0. The summed E-state index contributed by atoms with van der Waals surface area (Å²) in [6.45, 7) is 17.9. The lowest BCUT2D eigenvalue weighted by Crippen LogP contribution is -2.45. The van der Waals surface area contributed by atoms with Crippen LogP contribution in [0.25, 0.3) is 22.3 Å². The van der Waals surface area contributed by atoms with Gasteiger partial charge in [-0.05, 0) is 79.5 Å². The topological polar surface area (TPSA) is 38.7 Å². The van der Waals surface area contributed by atoms with E-state index in [-0.39, 0.29) is 0 Å². The van der Waals surface area contributed by atoms with Gasteiger partial charge in [0.05, 0.1) is 0 Å². The molecule has 0 amide bonds. The van der Waals surface area contributed by atoms with E-state index >= 15 is 0 Å². The molecule has 2 fully saturated rings. The minimum atomic E-state index is 1.06. The van der Waals surface area contributed by atoms with Crippen molar-refractivity contribution in [3.05, 3.63) is 102 Å². The van der Waals surface area contributed by atoms with Crippen LogP contribution in [0.1, 0.15) is 23.6 Å². The maximum atomic E-state index is 4.28. The van der Waals surface area contributed by atoms with Crippen molar-refractivity contribution >= 4 is 5.69 Å². The van der Waals surface area contributed by atoms with Gasteiger partial charge in [-0.1, -0.05) is 43.3 Å². The number of anilines is 1. The van der Waals surface area contributed by atoms with Crippen molar-refractivity contribution < 1.29 is 0 Å². The number of piperazine rings is 2. The van der Waals surface area contributed by atoms with Gasteiger partial charge < -0.3 is 14.7 Å². The van der Waals surface area contributed by atoms with Crippen molar-refractivity contribution in [2.24, 2.45) is 0 Å². The van der Waals surface area contributed by atoms with Gasteiger partial charge in [-0.25, -0.2) is 0 Å². The molecule has 6 heteroatoms. The van der Waals surface area contributed by atoms with Gasteiger partial charge in [0.15, 0.2) is 0 Å². The molecule has 0 bridgehead atoms. The monoisotopic (exact) mass is 562 g/mol. The van der Waals surface area contributed by atoms with Gasteiger partial charge in [0, 0.05) is 101 Å². The molecule has 0 spiro atoms. The molecule has 2 aromatic carbocycles. The van der Waals surface area contributed by atoms with E-state index in [0.29, 0.717) is 0 Å². The molecule has 220 valence electrons. The van der Waals surface area contributed by atoms with E-state index in [1.54, 1.807) is 0 Å². The normalized spacial score (nSPS) is 16.6. The van der Waals surface area contributed by atoms with Crippen molar-refractivity contribution in [2.75, 3.05) is 70.9 Å². The molecule has 0 unspecified atom stereocenters. The van der Waals surface area contributed by atoms with Crippen LogP contribution in [0.4, 0.5) is 5.69 Å². The van der Waals surface area contributed by atoms with Gasteiger partial charge in [-0.3, -0.25) is 14.9 Å². The van der Waals surface area contributed by atoms with Gasteiger partial charge in [0.25, 0.3) is 0 Å². The predicted octanol–water partition coefficient (Wildman–Crippen LogP) is 6.00. The van der Waals surface area contributed by atoms with Crippen molar-refractivity contribution in [3.63, 3.8) is 0 Å². The Bertz CT molecular complexity index is 1390. The zero-order chi connectivity index (χ0) is 29.3. The highest BCUT2D eigenvalue weighted by Gasteiger charge is 2.16. The number of likely N-dealkylation sites (N-methyl/N-ethyl adjacent to an activating group) is 2. The van der Waals surface area contributed by atoms with Gasteiger partial charge in [-0.15, -0.1) is 0 Å². The van der Waals surface area contributed by atoms with Gasteiger partial charge in [0.2, 0.25) is 0 Å². The highest BCUT2D eigenvalue weighted by molar-refractivity contribution is 5.66. The number of aryl methyl sites for hydroxylation is 2. The summed E-state index contributed by atoms with van der Waals surface area (Å²) in [5, 5.41) is 0. The van der Waals surface area contributed by atoms with Crippen LogP contribution in [0.15, 0.2) is 85.5 Å². The summed E-state index contributed by atoms with van der Waals surface area (Å²) in [5.41, 5.74) is 9.99. The third-order valence-corrected chi connectivity index (χ3v) is 8.42. The Morgan fingerprint density at radius 2 is 1.07 bits per heavy atom. The molecule has 0 aliphatic carbocycles. The van der Waals surface area contributed by atoms with Gasteiger partial charge >= 0.3 is 0 Å². The molecule has 2 aliphatic rings. The summed E-state index contributed by atoms with van der Waals surface area (Å²) in [4.78, 5) is 18.4. The van der Waals surface area contributed by atoms with Crippen LogP contribution >= 0.6 is 0 Å². The summed E-state index contributed by atoms with van der Waals surface area (Å²) >= 11 is 0. The first kappa shape index (κ1) is 29.9. The lowest BCUT2D eigenvalue weighted by Gasteiger charge is -2.34. The van der Waals surface area contributed by atoms with Gasteiger partial charge in [-0.2, -0.15) is 0 Å². The van der Waals surface area contributed by atoms with E-state index in [9.17, 15) is 0 Å². The first-order valence-corrected chi connectivity index (χ1v) is 15.4. The SMILES string of the molecule is CCN1CCN(Cc2ccc(-c3cncc(C)c3)cc2)CC1.Cc1cncc(-c2ccc(N3CCN(C)CC3)cc2)c1. The Morgan fingerprint density at radius 3 is 1.57 bits per heavy atom. The van der Waals surface area contributed by atoms with Crippen LogP contribution in [-0.2, 0) is 6.54 Å². The molecule has 2 saturated heterocycles. The van der Waals surface area contributed by atoms with Crippen LogP contribution in [0.5, 0.6) is 0 Å². The van der Waals surface area contributed by atoms with Crippen molar-refractivity contribution in [3.8, 4) is 22.3 Å². The molecule has 6 rings (SSSR count). The van der Waals surface area contributed by atoms with Crippen molar-refractivity contribution in [1.82, 2.24) is 24.7 Å². The number of nitrogens with zero attached hydrogens (tertiary/aromatic N) is 6. The summed E-state index contributed by atoms with van der Waals surface area (Å²) < 4.78 is 0. The Morgan fingerprint density at radius 1 is 0.571 bits per heavy atom. The molecule has 0 N–H and O–H groups in total. The molecule has 0 atom stereocenters. The Kier molecular flexibility index (Phi) is 10.4. The number of hydrogen-bond acceptors (Lipinski definition) is 6. The van der Waals surface area contributed by atoms with Crippen LogP contribution in [-0.4, -0.2) is 90.6 Å². The molecular formula is C36H46N6. The van der Waals surface area contributed by atoms with Crippen LogP contribution in [0.2, 0.25) is 0 Å². The first-order valence-electron chi connectivity index (χ1n) is 15.4. The molecule has 0 saturated carbocycles. The number of aromatic nitrogens is 2. The number of rotatable bonds is 6. The minimum absolute atomic E-state index is 1.06. The summed E-state index contributed by atoms with van der Waals surface area (Å²) in [6.07, 6.45) is 7.65. The average Bonchev–Trinajstić information content (AvgIpc) is 3.03. The molecular weight excluding hydrogens is 516 g/mol. The van der Waals surface area contributed by atoms with Gasteiger partial charge in [0.1, 0.15) is 0 Å². The maximum absolute atomic E-state index is 4.28. The van der Waals surface area contributed by atoms with Crippen LogP contribution < -0.4 is 4.90 Å². The van der Waals surface area contributed by atoms with Crippen LogP contribution in [0, 0.1) is 13.8 Å². The summed E-state index contributed by atoms with van der Waals surface area (Å²) in [5.74, 6) is 0. The zero-order valence-electron chi connectivity index (χ0n) is 25.8. The van der Waals surface area contributed by atoms with Crippen molar-refractivity contribution in [2.45, 2.75) is 27.3 Å². The Labute approximate surface area is 252 Å².